The van der Waals surface area contributed by atoms with E-state index in [0.29, 0.717) is 5.75 Å². The normalized spacial score (nSPS) is 17.8. The molecule has 0 aliphatic carbocycles. The number of carbonyl (C=O) groups excluding carboxylic acids is 1. The molecule has 28 heavy (non-hydrogen) atoms. The first kappa shape index (κ1) is 17.6. The van der Waals surface area contributed by atoms with Crippen LogP contribution < -0.4 is 10.1 Å². The topological polar surface area (TPSA) is 60.5 Å². The highest BCUT2D eigenvalue weighted by atomic mass is 16.6. The fraction of sp³-hybridized carbons (Fsp3) is 0.130. The Hall–Kier alpha value is -3.78. The van der Waals surface area contributed by atoms with Crippen molar-refractivity contribution in [2.24, 2.45) is 0 Å². The van der Waals surface area contributed by atoms with E-state index < -0.39 is 12.2 Å². The summed E-state index contributed by atoms with van der Waals surface area (Å²) >= 11 is 0. The van der Waals surface area contributed by atoms with Crippen LogP contribution in [0, 0.1) is 11.8 Å². The van der Waals surface area contributed by atoms with E-state index in [1.54, 1.807) is 19.5 Å². The van der Waals surface area contributed by atoms with Crippen LogP contribution >= 0.6 is 0 Å². The Labute approximate surface area is 163 Å². The minimum absolute atomic E-state index is 0.380. The predicted molar refractivity (Wildman–Crippen MR) is 105 cm³/mol. The average Bonchev–Trinajstić information content (AvgIpc) is 3.15. The third-order valence-corrected chi connectivity index (χ3v) is 4.50. The lowest BCUT2D eigenvalue weighted by Crippen LogP contribution is -2.20. The van der Waals surface area contributed by atoms with Crippen LogP contribution in [0.5, 0.6) is 5.75 Å². The van der Waals surface area contributed by atoms with Gasteiger partial charge in [-0.3, -0.25) is 4.98 Å². The second kappa shape index (κ2) is 7.85. The third-order valence-electron chi connectivity index (χ3n) is 4.50. The number of aromatic nitrogens is 1. The average molecular weight is 370 g/mol. The van der Waals surface area contributed by atoms with Crippen molar-refractivity contribution < 1.29 is 14.3 Å². The summed E-state index contributed by atoms with van der Waals surface area (Å²) in [5, 5.41) is 2.87. The van der Waals surface area contributed by atoms with Gasteiger partial charge in [0.1, 0.15) is 11.8 Å². The van der Waals surface area contributed by atoms with Gasteiger partial charge in [0.15, 0.2) is 6.10 Å². The van der Waals surface area contributed by atoms with Crippen LogP contribution in [0.15, 0.2) is 73.1 Å². The Kier molecular flexibility index (Phi) is 4.94. The summed E-state index contributed by atoms with van der Waals surface area (Å²) in [5.41, 5.74) is 3.31. The molecule has 0 unspecified atom stereocenters. The zero-order valence-corrected chi connectivity index (χ0v) is 15.3. The summed E-state index contributed by atoms with van der Waals surface area (Å²) < 4.78 is 11.0. The van der Waals surface area contributed by atoms with Crippen LogP contribution in [0.2, 0.25) is 0 Å². The maximum Gasteiger partial charge on any atom is 0.408 e. The number of hydrogen-bond acceptors (Lipinski definition) is 4. The number of carbonyl (C=O) groups is 1. The quantitative estimate of drug-likeness (QED) is 0.708. The van der Waals surface area contributed by atoms with Crippen molar-refractivity contribution in [3.8, 4) is 17.6 Å². The Bertz CT molecular complexity index is 1050. The van der Waals surface area contributed by atoms with Gasteiger partial charge in [-0.05, 0) is 29.8 Å². The summed E-state index contributed by atoms with van der Waals surface area (Å²) in [7, 11) is 1.60. The van der Waals surface area contributed by atoms with E-state index in [1.807, 2.05) is 60.7 Å². The van der Waals surface area contributed by atoms with E-state index in [1.165, 1.54) is 0 Å². The highest BCUT2D eigenvalue weighted by molar-refractivity contribution is 5.71. The van der Waals surface area contributed by atoms with E-state index in [4.69, 9.17) is 9.47 Å². The lowest BCUT2D eigenvalue weighted by Gasteiger charge is -2.19. The minimum Gasteiger partial charge on any atom is -0.496 e. The lowest BCUT2D eigenvalue weighted by atomic mass is 9.96. The lowest BCUT2D eigenvalue weighted by molar-refractivity contribution is 0.130. The number of cyclic esters (lactones) is 1. The molecule has 1 amide bonds. The number of ether oxygens (including phenoxy) is 2. The smallest absolute Gasteiger partial charge is 0.408 e. The van der Waals surface area contributed by atoms with Crippen LogP contribution in [0.25, 0.3) is 0 Å². The molecule has 138 valence electrons. The van der Waals surface area contributed by atoms with Gasteiger partial charge in [0.05, 0.1) is 7.11 Å². The van der Waals surface area contributed by atoms with Gasteiger partial charge in [-0.25, -0.2) is 4.79 Å². The van der Waals surface area contributed by atoms with Crippen LogP contribution in [0.3, 0.4) is 0 Å². The molecule has 5 heteroatoms. The molecule has 1 aromatic heterocycles. The van der Waals surface area contributed by atoms with Gasteiger partial charge in [-0.2, -0.15) is 0 Å². The SMILES string of the molecule is COc1ccccc1[C@H]1OC(=O)N[C@@H]1c1cncc(C#Cc2ccccc2)c1. The number of nitrogens with one attached hydrogen (secondary N) is 1. The standard InChI is InChI=1S/C23H18N2O3/c1-27-20-10-6-5-9-19(20)22-21(25-23(26)28-22)18-13-17(14-24-15-18)12-11-16-7-3-2-4-8-16/h2-10,13-15,21-22H,1H3,(H,25,26)/t21-,22-/m1/s1. The predicted octanol–water partition coefficient (Wildman–Crippen LogP) is 4.01. The number of pyridine rings is 1. The summed E-state index contributed by atoms with van der Waals surface area (Å²) in [6.07, 6.45) is 2.44. The van der Waals surface area contributed by atoms with Crippen molar-refractivity contribution in [2.45, 2.75) is 12.1 Å². The molecule has 0 radical (unpaired) electrons. The number of methoxy groups -OCH3 is 1. The molecular weight excluding hydrogens is 352 g/mol. The molecule has 0 saturated carbocycles. The molecule has 1 aliphatic rings. The van der Waals surface area contributed by atoms with Crippen LogP contribution in [-0.4, -0.2) is 18.2 Å². The summed E-state index contributed by atoms with van der Waals surface area (Å²) in [5.74, 6) is 6.91. The van der Waals surface area contributed by atoms with Gasteiger partial charge >= 0.3 is 6.09 Å². The van der Waals surface area contributed by atoms with Gasteiger partial charge in [-0.1, -0.05) is 48.2 Å². The molecule has 4 rings (SSSR count). The molecule has 1 saturated heterocycles. The molecule has 1 N–H and O–H groups in total. The molecule has 5 nitrogen and oxygen atoms in total. The Balaban J connectivity index is 1.66. The number of alkyl carbamates (subject to hydrolysis) is 1. The first-order chi connectivity index (χ1) is 13.7. The fourth-order valence-corrected chi connectivity index (χ4v) is 3.18. The molecule has 2 aromatic carbocycles. The second-order valence-electron chi connectivity index (χ2n) is 6.31. The number of amides is 1. The molecule has 3 aromatic rings. The third kappa shape index (κ3) is 3.67. The highest BCUT2D eigenvalue weighted by Gasteiger charge is 2.38. The molecule has 2 atom stereocenters. The molecule has 2 heterocycles. The maximum atomic E-state index is 12.0. The van der Waals surface area contributed by atoms with Crippen LogP contribution in [0.4, 0.5) is 4.79 Å². The van der Waals surface area contributed by atoms with E-state index in [9.17, 15) is 4.79 Å². The van der Waals surface area contributed by atoms with E-state index in [-0.39, 0.29) is 6.04 Å². The van der Waals surface area contributed by atoms with Crippen molar-refractivity contribution in [3.05, 3.63) is 95.3 Å². The largest absolute Gasteiger partial charge is 0.496 e. The van der Waals surface area contributed by atoms with Gasteiger partial charge in [-0.15, -0.1) is 0 Å². The van der Waals surface area contributed by atoms with Gasteiger partial charge in [0.25, 0.3) is 0 Å². The Morgan fingerprint density at radius 2 is 1.75 bits per heavy atom. The molecule has 1 fully saturated rings. The summed E-state index contributed by atoms with van der Waals surface area (Å²) in [6.45, 7) is 0. The van der Waals surface area contributed by atoms with E-state index >= 15 is 0 Å². The molecule has 0 spiro atoms. The molecular formula is C23H18N2O3. The first-order valence-electron chi connectivity index (χ1n) is 8.86. The van der Waals surface area contributed by atoms with Gasteiger partial charge in [0, 0.05) is 29.1 Å². The van der Waals surface area contributed by atoms with Crippen molar-refractivity contribution >= 4 is 6.09 Å². The van der Waals surface area contributed by atoms with Crippen LogP contribution in [0.1, 0.15) is 34.4 Å². The summed E-state index contributed by atoms with van der Waals surface area (Å²) in [4.78, 5) is 16.3. The molecule has 0 bridgehead atoms. The highest BCUT2D eigenvalue weighted by Crippen LogP contribution is 2.40. The van der Waals surface area contributed by atoms with Gasteiger partial charge in [0.2, 0.25) is 0 Å². The Morgan fingerprint density at radius 3 is 2.57 bits per heavy atom. The number of nitrogens with zero attached hydrogens (tertiary/aromatic N) is 1. The monoisotopic (exact) mass is 370 g/mol. The maximum absolute atomic E-state index is 12.0. The van der Waals surface area contributed by atoms with Crippen molar-refractivity contribution in [1.29, 1.82) is 0 Å². The van der Waals surface area contributed by atoms with Crippen molar-refractivity contribution in [2.75, 3.05) is 7.11 Å². The number of rotatable bonds is 3. The molecule has 1 aliphatic heterocycles. The summed E-state index contributed by atoms with van der Waals surface area (Å²) in [6, 6.07) is 18.8. The Morgan fingerprint density at radius 1 is 1.00 bits per heavy atom. The van der Waals surface area contributed by atoms with E-state index in [2.05, 4.69) is 22.1 Å². The van der Waals surface area contributed by atoms with Gasteiger partial charge < -0.3 is 14.8 Å². The van der Waals surface area contributed by atoms with Crippen molar-refractivity contribution in [1.82, 2.24) is 10.3 Å². The fourth-order valence-electron chi connectivity index (χ4n) is 3.18. The number of hydrogen-bond donors (Lipinski definition) is 1. The van der Waals surface area contributed by atoms with Crippen molar-refractivity contribution in [3.63, 3.8) is 0 Å². The second-order valence-corrected chi connectivity index (χ2v) is 6.31. The first-order valence-corrected chi connectivity index (χ1v) is 8.86. The number of benzene rings is 2. The van der Waals surface area contributed by atoms with Crippen LogP contribution in [-0.2, 0) is 4.74 Å². The zero-order valence-electron chi connectivity index (χ0n) is 15.3. The minimum atomic E-state index is -0.511. The van der Waals surface area contributed by atoms with E-state index in [0.717, 1.165) is 22.3 Å². The number of para-hydroxylation sites is 1. The zero-order chi connectivity index (χ0) is 19.3.